The molecule has 5 nitrogen and oxygen atoms in total. The number of carboxylic acid groups (broad SMARTS) is 1. The van der Waals surface area contributed by atoms with Crippen LogP contribution in [0.5, 0.6) is 0 Å². The summed E-state index contributed by atoms with van der Waals surface area (Å²) in [4.78, 5) is 22.6. The van der Waals surface area contributed by atoms with Crippen molar-refractivity contribution in [2.24, 2.45) is 0 Å². The van der Waals surface area contributed by atoms with Gasteiger partial charge in [0.1, 0.15) is 12.1 Å². The molecule has 0 aromatic carbocycles. The molecule has 0 aromatic heterocycles. The largest absolute Gasteiger partial charge is 0.480 e. The maximum absolute atomic E-state index is 11.8. The molecule has 1 amide bonds. The maximum atomic E-state index is 11.8. The van der Waals surface area contributed by atoms with Crippen molar-refractivity contribution in [2.45, 2.75) is 43.8 Å². The van der Waals surface area contributed by atoms with Gasteiger partial charge in [0.05, 0.1) is 6.61 Å². The molecule has 2 N–H and O–H groups in total. The lowest BCUT2D eigenvalue weighted by molar-refractivity contribution is -0.174. The number of hydrogen-bond donors (Lipinski definition) is 2. The second-order valence-electron chi connectivity index (χ2n) is 4.56. The topological polar surface area (TPSA) is 75.6 Å². The summed E-state index contributed by atoms with van der Waals surface area (Å²) < 4.78 is 39.6. The summed E-state index contributed by atoms with van der Waals surface area (Å²) in [7, 11) is 0. The van der Waals surface area contributed by atoms with Gasteiger partial charge in [-0.2, -0.15) is 13.2 Å². The molecule has 1 aliphatic carbocycles. The molecule has 0 saturated heterocycles. The summed E-state index contributed by atoms with van der Waals surface area (Å²) in [5.41, 5.74) is -1.26. The Morgan fingerprint density at radius 1 is 1.26 bits per heavy atom. The molecule has 1 saturated carbocycles. The maximum Gasteiger partial charge on any atom is 0.411 e. The summed E-state index contributed by atoms with van der Waals surface area (Å²) in [5.74, 6) is -1.71. The van der Waals surface area contributed by atoms with Gasteiger partial charge in [0.15, 0.2) is 0 Å². The fourth-order valence-corrected chi connectivity index (χ4v) is 2.05. The van der Waals surface area contributed by atoms with E-state index in [1.54, 1.807) is 0 Å². The zero-order chi connectivity index (χ0) is 14.5. The Morgan fingerprint density at radius 3 is 2.32 bits per heavy atom. The van der Waals surface area contributed by atoms with E-state index in [9.17, 15) is 22.8 Å². The minimum atomic E-state index is -4.43. The van der Waals surface area contributed by atoms with E-state index in [0.717, 1.165) is 0 Å². The molecule has 0 unspecified atom stereocenters. The standard InChI is InChI=1S/C11H16F3NO4/c12-11(13,14)7-19-6-3-8(16)15-10(9(17)18)4-1-2-5-10/h1-7H2,(H,15,16)(H,17,18). The van der Waals surface area contributed by atoms with Crippen molar-refractivity contribution in [3.8, 4) is 0 Å². The fraction of sp³-hybridized carbons (Fsp3) is 0.818. The van der Waals surface area contributed by atoms with Gasteiger partial charge >= 0.3 is 12.1 Å². The van der Waals surface area contributed by atoms with Crippen LogP contribution in [-0.2, 0) is 14.3 Å². The molecule has 19 heavy (non-hydrogen) atoms. The Morgan fingerprint density at radius 2 is 1.84 bits per heavy atom. The van der Waals surface area contributed by atoms with Crippen LogP contribution in [0.2, 0.25) is 0 Å². The Bertz CT molecular complexity index is 337. The zero-order valence-corrected chi connectivity index (χ0v) is 10.3. The highest BCUT2D eigenvalue weighted by Crippen LogP contribution is 2.29. The van der Waals surface area contributed by atoms with Crippen LogP contribution in [0.4, 0.5) is 13.2 Å². The summed E-state index contributed by atoms with van der Waals surface area (Å²) in [5, 5.41) is 11.5. The van der Waals surface area contributed by atoms with Gasteiger partial charge in [0.2, 0.25) is 5.91 Å². The number of hydrogen-bond acceptors (Lipinski definition) is 3. The molecule has 0 aliphatic heterocycles. The quantitative estimate of drug-likeness (QED) is 0.724. The van der Waals surface area contributed by atoms with Gasteiger partial charge in [0.25, 0.3) is 0 Å². The monoisotopic (exact) mass is 283 g/mol. The van der Waals surface area contributed by atoms with E-state index >= 15 is 0 Å². The molecule has 0 aromatic rings. The normalized spacial score (nSPS) is 18.3. The smallest absolute Gasteiger partial charge is 0.411 e. The summed E-state index contributed by atoms with van der Waals surface area (Å²) in [6, 6.07) is 0. The zero-order valence-electron chi connectivity index (χ0n) is 10.3. The number of halogens is 3. The van der Waals surface area contributed by atoms with E-state index < -0.39 is 30.2 Å². The highest BCUT2D eigenvalue weighted by molar-refractivity contribution is 5.87. The molecule has 1 aliphatic rings. The Labute approximate surface area is 108 Å². The predicted molar refractivity (Wildman–Crippen MR) is 58.5 cm³/mol. The van der Waals surface area contributed by atoms with Crippen molar-refractivity contribution in [2.75, 3.05) is 13.2 Å². The SMILES string of the molecule is O=C(CCOCC(F)(F)F)NC1(C(=O)O)CCCC1. The van der Waals surface area contributed by atoms with E-state index in [1.165, 1.54) is 0 Å². The molecule has 0 heterocycles. The third kappa shape index (κ3) is 5.06. The van der Waals surface area contributed by atoms with E-state index in [4.69, 9.17) is 5.11 Å². The van der Waals surface area contributed by atoms with Gasteiger partial charge in [-0.05, 0) is 12.8 Å². The summed E-state index contributed by atoms with van der Waals surface area (Å²) in [6.07, 6.45) is -2.61. The minimum absolute atomic E-state index is 0.287. The first-order chi connectivity index (χ1) is 8.75. The minimum Gasteiger partial charge on any atom is -0.480 e. The summed E-state index contributed by atoms with van der Waals surface area (Å²) in [6.45, 7) is -1.80. The number of carbonyl (C=O) groups is 2. The lowest BCUT2D eigenvalue weighted by Gasteiger charge is -2.25. The van der Waals surface area contributed by atoms with E-state index in [-0.39, 0.29) is 13.0 Å². The van der Waals surface area contributed by atoms with Crippen LogP contribution in [-0.4, -0.2) is 41.9 Å². The highest BCUT2D eigenvalue weighted by Gasteiger charge is 2.42. The Balaban J connectivity index is 2.32. The number of ether oxygens (including phenoxy) is 1. The van der Waals surface area contributed by atoms with Crippen LogP contribution in [0.25, 0.3) is 0 Å². The Hall–Kier alpha value is -1.31. The first kappa shape index (κ1) is 15.7. The van der Waals surface area contributed by atoms with Crippen LogP contribution in [0, 0.1) is 0 Å². The first-order valence-corrected chi connectivity index (χ1v) is 5.94. The second kappa shape index (κ2) is 6.23. The van der Waals surface area contributed by atoms with Gasteiger partial charge in [-0.15, -0.1) is 0 Å². The van der Waals surface area contributed by atoms with Gasteiger partial charge in [-0.25, -0.2) is 4.79 Å². The van der Waals surface area contributed by atoms with Crippen LogP contribution in [0.3, 0.4) is 0 Å². The van der Waals surface area contributed by atoms with Crippen LogP contribution >= 0.6 is 0 Å². The third-order valence-electron chi connectivity index (χ3n) is 2.98. The van der Waals surface area contributed by atoms with Crippen molar-refractivity contribution in [3.05, 3.63) is 0 Å². The van der Waals surface area contributed by atoms with Gasteiger partial charge in [0, 0.05) is 6.42 Å². The van der Waals surface area contributed by atoms with Gasteiger partial charge in [-0.1, -0.05) is 12.8 Å². The molecular formula is C11H16F3NO4. The molecule has 110 valence electrons. The average molecular weight is 283 g/mol. The highest BCUT2D eigenvalue weighted by atomic mass is 19.4. The third-order valence-corrected chi connectivity index (χ3v) is 2.98. The number of carboxylic acids is 1. The molecule has 1 rings (SSSR count). The molecule has 0 atom stereocenters. The lowest BCUT2D eigenvalue weighted by atomic mass is 9.97. The van der Waals surface area contributed by atoms with E-state index in [2.05, 4.69) is 10.1 Å². The van der Waals surface area contributed by atoms with E-state index in [0.29, 0.717) is 25.7 Å². The van der Waals surface area contributed by atoms with Crippen molar-refractivity contribution in [3.63, 3.8) is 0 Å². The van der Waals surface area contributed by atoms with Gasteiger partial charge < -0.3 is 15.2 Å². The lowest BCUT2D eigenvalue weighted by Crippen LogP contribution is -2.52. The molecule has 0 spiro atoms. The molecule has 8 heteroatoms. The number of amides is 1. The van der Waals surface area contributed by atoms with Crippen molar-refractivity contribution in [1.29, 1.82) is 0 Å². The number of nitrogens with one attached hydrogen (secondary N) is 1. The predicted octanol–water partition coefficient (Wildman–Crippen LogP) is 1.47. The van der Waals surface area contributed by atoms with Crippen LogP contribution < -0.4 is 5.32 Å². The molecular weight excluding hydrogens is 267 g/mol. The van der Waals surface area contributed by atoms with Crippen molar-refractivity contribution >= 4 is 11.9 Å². The number of alkyl halides is 3. The van der Waals surface area contributed by atoms with Crippen molar-refractivity contribution < 1.29 is 32.6 Å². The van der Waals surface area contributed by atoms with Crippen LogP contribution in [0.15, 0.2) is 0 Å². The fourth-order valence-electron chi connectivity index (χ4n) is 2.05. The Kier molecular flexibility index (Phi) is 5.16. The number of aliphatic carboxylic acids is 1. The first-order valence-electron chi connectivity index (χ1n) is 5.94. The number of rotatable bonds is 6. The van der Waals surface area contributed by atoms with Crippen molar-refractivity contribution in [1.82, 2.24) is 5.32 Å². The average Bonchev–Trinajstić information content (AvgIpc) is 2.73. The number of carbonyl (C=O) groups excluding carboxylic acids is 1. The van der Waals surface area contributed by atoms with Gasteiger partial charge in [-0.3, -0.25) is 4.79 Å². The molecule has 1 fully saturated rings. The van der Waals surface area contributed by atoms with Crippen LogP contribution in [0.1, 0.15) is 32.1 Å². The van der Waals surface area contributed by atoms with E-state index in [1.807, 2.05) is 0 Å². The summed E-state index contributed by atoms with van der Waals surface area (Å²) >= 11 is 0. The molecule has 0 radical (unpaired) electrons. The second-order valence-corrected chi connectivity index (χ2v) is 4.56. The molecule has 0 bridgehead atoms.